The lowest BCUT2D eigenvalue weighted by Gasteiger charge is -2.08. The molecule has 0 spiro atoms. The highest BCUT2D eigenvalue weighted by Crippen LogP contribution is 2.31. The van der Waals surface area contributed by atoms with Crippen LogP contribution in [-0.4, -0.2) is 32.0 Å². The molecule has 33 heavy (non-hydrogen) atoms. The van der Waals surface area contributed by atoms with Gasteiger partial charge < -0.3 is 24.3 Å². The molecule has 0 bridgehead atoms. The predicted molar refractivity (Wildman–Crippen MR) is 127 cm³/mol. The number of benzene rings is 1. The molecule has 3 N–H and O–H groups in total. The molecule has 0 fully saturated rings. The number of unbranched alkanes of at least 4 members (excludes halogenated alkanes) is 1. The third-order valence-corrected chi connectivity index (χ3v) is 5.77. The molecular formula is C23H27N5O4S. The first-order valence-corrected chi connectivity index (χ1v) is 11.3. The van der Waals surface area contributed by atoms with E-state index in [2.05, 4.69) is 21.7 Å². The maximum absolute atomic E-state index is 12.7. The SMILES string of the molecule is CCCCn1c(C)c(C(=O)OCC)c2cc(OCc3ccc(-c4n[nH]c(=S)n4N)o3)ccc21. The number of ether oxygens (including phenoxy) is 2. The second kappa shape index (κ2) is 9.53. The first-order valence-electron chi connectivity index (χ1n) is 10.9. The molecule has 0 unspecified atom stereocenters. The van der Waals surface area contributed by atoms with Gasteiger partial charge >= 0.3 is 5.97 Å². The number of fused-ring (bicyclic) bond motifs is 1. The van der Waals surface area contributed by atoms with E-state index in [1.165, 1.54) is 4.68 Å². The first kappa shape index (κ1) is 22.7. The summed E-state index contributed by atoms with van der Waals surface area (Å²) in [5.41, 5.74) is 2.47. The standard InChI is InChI=1S/C23H27N5O4S/c1-4-6-11-27-14(3)20(22(29)30-5-2)17-12-15(7-9-18(17)27)31-13-16-8-10-19(32-16)21-25-26-23(33)28(21)24/h7-10,12H,4-6,11,13,24H2,1-3H3,(H,26,33). The zero-order valence-corrected chi connectivity index (χ0v) is 19.7. The Hall–Kier alpha value is -3.53. The van der Waals surface area contributed by atoms with Crippen LogP contribution in [0.4, 0.5) is 0 Å². The summed E-state index contributed by atoms with van der Waals surface area (Å²) < 4.78 is 20.8. The van der Waals surface area contributed by atoms with Crippen molar-refractivity contribution >= 4 is 29.1 Å². The smallest absolute Gasteiger partial charge is 0.340 e. The summed E-state index contributed by atoms with van der Waals surface area (Å²) in [4.78, 5) is 12.7. The minimum atomic E-state index is -0.321. The molecule has 3 aromatic heterocycles. The molecule has 0 aliphatic heterocycles. The lowest BCUT2D eigenvalue weighted by molar-refractivity contribution is 0.0527. The van der Waals surface area contributed by atoms with Gasteiger partial charge in [-0.05, 0) is 62.8 Å². The van der Waals surface area contributed by atoms with Gasteiger partial charge in [0.25, 0.3) is 0 Å². The summed E-state index contributed by atoms with van der Waals surface area (Å²) in [6.07, 6.45) is 2.09. The number of nitrogens with zero attached hydrogens (tertiary/aromatic N) is 3. The van der Waals surface area contributed by atoms with Crippen molar-refractivity contribution < 1.29 is 18.7 Å². The van der Waals surface area contributed by atoms with Gasteiger partial charge in [0.2, 0.25) is 10.6 Å². The van der Waals surface area contributed by atoms with E-state index in [1.54, 1.807) is 19.1 Å². The molecule has 3 heterocycles. The molecule has 4 aromatic rings. The van der Waals surface area contributed by atoms with Crippen LogP contribution in [0.5, 0.6) is 5.75 Å². The number of aromatic amines is 1. The minimum absolute atomic E-state index is 0.200. The number of hydrogen-bond acceptors (Lipinski definition) is 7. The van der Waals surface area contributed by atoms with Crippen molar-refractivity contribution in [3.63, 3.8) is 0 Å². The maximum atomic E-state index is 12.7. The lowest BCUT2D eigenvalue weighted by atomic mass is 10.1. The molecule has 0 radical (unpaired) electrons. The maximum Gasteiger partial charge on any atom is 0.340 e. The summed E-state index contributed by atoms with van der Waals surface area (Å²) in [5, 5.41) is 7.50. The van der Waals surface area contributed by atoms with Gasteiger partial charge in [0.15, 0.2) is 5.76 Å². The summed E-state index contributed by atoms with van der Waals surface area (Å²) in [5.74, 6) is 7.63. The van der Waals surface area contributed by atoms with Gasteiger partial charge in [-0.3, -0.25) is 0 Å². The molecule has 0 amide bonds. The Kier molecular flexibility index (Phi) is 6.55. The molecule has 0 atom stereocenters. The summed E-state index contributed by atoms with van der Waals surface area (Å²) in [7, 11) is 0. The number of rotatable bonds is 9. The van der Waals surface area contributed by atoms with Crippen molar-refractivity contribution in [3.05, 3.63) is 52.1 Å². The van der Waals surface area contributed by atoms with E-state index in [0.717, 1.165) is 36.0 Å². The second-order valence-corrected chi connectivity index (χ2v) is 8.03. The fourth-order valence-corrected chi connectivity index (χ4v) is 3.96. The Labute approximate surface area is 196 Å². The molecule has 0 saturated heterocycles. The van der Waals surface area contributed by atoms with Crippen LogP contribution in [0, 0.1) is 11.7 Å². The van der Waals surface area contributed by atoms with Crippen molar-refractivity contribution in [3.8, 4) is 17.3 Å². The van der Waals surface area contributed by atoms with Crippen LogP contribution in [0.2, 0.25) is 0 Å². The van der Waals surface area contributed by atoms with Gasteiger partial charge in [-0.2, -0.15) is 0 Å². The molecule has 0 aliphatic rings. The van der Waals surface area contributed by atoms with E-state index in [4.69, 9.17) is 32.0 Å². The van der Waals surface area contributed by atoms with Crippen LogP contribution < -0.4 is 10.6 Å². The van der Waals surface area contributed by atoms with Gasteiger partial charge in [-0.15, -0.1) is 5.10 Å². The number of nitrogens with one attached hydrogen (secondary N) is 1. The Morgan fingerprint density at radius 3 is 2.79 bits per heavy atom. The summed E-state index contributed by atoms with van der Waals surface area (Å²) in [6.45, 7) is 7.27. The average molecular weight is 470 g/mol. The third kappa shape index (κ3) is 4.38. The quantitative estimate of drug-likeness (QED) is 0.207. The van der Waals surface area contributed by atoms with E-state index >= 15 is 0 Å². The number of hydrogen-bond donors (Lipinski definition) is 2. The Morgan fingerprint density at radius 2 is 2.09 bits per heavy atom. The van der Waals surface area contributed by atoms with E-state index in [-0.39, 0.29) is 12.6 Å². The Bertz CT molecular complexity index is 1350. The highest BCUT2D eigenvalue weighted by molar-refractivity contribution is 7.71. The molecule has 10 heteroatoms. The Morgan fingerprint density at radius 1 is 1.27 bits per heavy atom. The summed E-state index contributed by atoms with van der Waals surface area (Å²) in [6, 6.07) is 9.31. The average Bonchev–Trinajstić information content (AvgIpc) is 3.47. The first-order chi connectivity index (χ1) is 15.9. The van der Waals surface area contributed by atoms with Gasteiger partial charge in [0.05, 0.1) is 12.2 Å². The van der Waals surface area contributed by atoms with Crippen LogP contribution in [0.15, 0.2) is 34.7 Å². The number of esters is 1. The van der Waals surface area contributed by atoms with Crippen LogP contribution in [0.25, 0.3) is 22.5 Å². The van der Waals surface area contributed by atoms with Crippen LogP contribution >= 0.6 is 12.2 Å². The molecular weight excluding hydrogens is 442 g/mol. The normalized spacial score (nSPS) is 11.2. The van der Waals surface area contributed by atoms with Gasteiger partial charge in [-0.25, -0.2) is 14.6 Å². The second-order valence-electron chi connectivity index (χ2n) is 7.64. The van der Waals surface area contributed by atoms with Crippen LogP contribution in [-0.2, 0) is 17.9 Å². The number of carbonyl (C=O) groups is 1. The third-order valence-electron chi connectivity index (χ3n) is 5.48. The number of nitrogen functional groups attached to an aromatic ring is 1. The number of furan rings is 1. The fraction of sp³-hybridized carbons (Fsp3) is 0.348. The zero-order valence-electron chi connectivity index (χ0n) is 18.9. The molecule has 174 valence electrons. The van der Waals surface area contributed by atoms with E-state index in [1.807, 2.05) is 25.1 Å². The fourth-order valence-electron chi connectivity index (χ4n) is 3.83. The van der Waals surface area contributed by atoms with Gasteiger partial charge in [-0.1, -0.05) is 13.3 Å². The molecule has 0 saturated carbocycles. The van der Waals surface area contributed by atoms with E-state index < -0.39 is 0 Å². The van der Waals surface area contributed by atoms with Crippen molar-refractivity contribution in [1.82, 2.24) is 19.4 Å². The van der Waals surface area contributed by atoms with Gasteiger partial charge in [0.1, 0.15) is 18.1 Å². The number of H-pyrrole nitrogens is 1. The van der Waals surface area contributed by atoms with Crippen molar-refractivity contribution in [2.45, 2.75) is 46.8 Å². The number of carbonyl (C=O) groups excluding carboxylic acids is 1. The van der Waals surface area contributed by atoms with Crippen molar-refractivity contribution in [2.75, 3.05) is 12.4 Å². The largest absolute Gasteiger partial charge is 0.486 e. The van der Waals surface area contributed by atoms with Crippen LogP contribution in [0.3, 0.4) is 0 Å². The molecule has 1 aromatic carbocycles. The predicted octanol–water partition coefficient (Wildman–Crippen LogP) is 4.73. The monoisotopic (exact) mass is 469 g/mol. The highest BCUT2D eigenvalue weighted by Gasteiger charge is 2.21. The number of nitrogens with two attached hydrogens (primary N) is 1. The van der Waals surface area contributed by atoms with Crippen molar-refractivity contribution in [1.29, 1.82) is 0 Å². The molecule has 9 nitrogen and oxygen atoms in total. The number of aromatic nitrogens is 4. The zero-order chi connectivity index (χ0) is 23.5. The van der Waals surface area contributed by atoms with Gasteiger partial charge in [0, 0.05) is 23.1 Å². The van der Waals surface area contributed by atoms with E-state index in [0.29, 0.717) is 40.0 Å². The number of aryl methyl sites for hydroxylation is 1. The highest BCUT2D eigenvalue weighted by atomic mass is 32.1. The minimum Gasteiger partial charge on any atom is -0.486 e. The van der Waals surface area contributed by atoms with Crippen molar-refractivity contribution in [2.24, 2.45) is 0 Å². The Balaban J connectivity index is 1.60. The molecule has 4 rings (SSSR count). The van der Waals surface area contributed by atoms with Crippen LogP contribution in [0.1, 0.15) is 48.5 Å². The lowest BCUT2D eigenvalue weighted by Crippen LogP contribution is -2.09. The summed E-state index contributed by atoms with van der Waals surface area (Å²) >= 11 is 5.03. The molecule has 0 aliphatic carbocycles. The van der Waals surface area contributed by atoms with E-state index in [9.17, 15) is 4.79 Å². The topological polar surface area (TPSA) is 113 Å².